The van der Waals surface area contributed by atoms with Crippen molar-refractivity contribution in [2.75, 3.05) is 16.8 Å². The molecule has 0 aromatic carbocycles. The standard InChI is InChI=1S/C10H14N6S/c1-3-6-5(2)17-10(13-6)16-8-4-7(11)14-9(12)15-8/h4H,3H2,1-2H3,(H5,11,12,13,14,15,16). The maximum atomic E-state index is 5.59. The molecular formula is C10H14N6S. The summed E-state index contributed by atoms with van der Waals surface area (Å²) in [5.74, 6) is 1.05. The lowest BCUT2D eigenvalue weighted by molar-refractivity contribution is 1.04. The van der Waals surface area contributed by atoms with Crippen LogP contribution in [0, 0.1) is 6.92 Å². The molecule has 0 unspecified atom stereocenters. The number of nitrogen functional groups attached to an aromatic ring is 2. The summed E-state index contributed by atoms with van der Waals surface area (Å²) in [6, 6.07) is 1.62. The van der Waals surface area contributed by atoms with Gasteiger partial charge >= 0.3 is 0 Å². The van der Waals surface area contributed by atoms with E-state index >= 15 is 0 Å². The van der Waals surface area contributed by atoms with Crippen molar-refractivity contribution in [3.8, 4) is 0 Å². The molecule has 2 aromatic rings. The maximum absolute atomic E-state index is 5.59. The van der Waals surface area contributed by atoms with Crippen LogP contribution in [-0.4, -0.2) is 15.0 Å². The normalized spacial score (nSPS) is 10.5. The topological polar surface area (TPSA) is 103 Å². The van der Waals surface area contributed by atoms with Crippen LogP contribution in [0.3, 0.4) is 0 Å². The Balaban J connectivity index is 2.24. The van der Waals surface area contributed by atoms with Crippen molar-refractivity contribution in [3.63, 3.8) is 0 Å². The summed E-state index contributed by atoms with van der Waals surface area (Å²) < 4.78 is 0. The van der Waals surface area contributed by atoms with Crippen LogP contribution in [0.5, 0.6) is 0 Å². The van der Waals surface area contributed by atoms with E-state index in [2.05, 4.69) is 27.2 Å². The third-order valence-corrected chi connectivity index (χ3v) is 3.15. The minimum atomic E-state index is 0.150. The second-order valence-corrected chi connectivity index (χ2v) is 4.74. The molecule has 0 spiro atoms. The zero-order valence-corrected chi connectivity index (χ0v) is 10.5. The van der Waals surface area contributed by atoms with Gasteiger partial charge in [0.25, 0.3) is 0 Å². The molecule has 0 aliphatic heterocycles. The number of hydrogen-bond acceptors (Lipinski definition) is 7. The lowest BCUT2D eigenvalue weighted by atomic mass is 10.3. The van der Waals surface area contributed by atoms with Crippen LogP contribution in [0.2, 0.25) is 0 Å². The number of anilines is 4. The van der Waals surface area contributed by atoms with Gasteiger partial charge in [-0.25, -0.2) is 4.98 Å². The van der Waals surface area contributed by atoms with Crippen LogP contribution in [0.25, 0.3) is 0 Å². The fraction of sp³-hybridized carbons (Fsp3) is 0.300. The fourth-order valence-corrected chi connectivity index (χ4v) is 2.38. The van der Waals surface area contributed by atoms with E-state index in [9.17, 15) is 0 Å². The fourth-order valence-electron chi connectivity index (χ4n) is 1.47. The Hall–Kier alpha value is -1.89. The number of hydrogen-bond donors (Lipinski definition) is 3. The first-order chi connectivity index (χ1) is 8.08. The molecule has 0 aliphatic rings. The maximum Gasteiger partial charge on any atom is 0.223 e. The Morgan fingerprint density at radius 2 is 2.06 bits per heavy atom. The number of nitrogens with one attached hydrogen (secondary N) is 1. The van der Waals surface area contributed by atoms with E-state index in [1.807, 2.05) is 6.92 Å². The van der Waals surface area contributed by atoms with E-state index in [-0.39, 0.29) is 5.95 Å². The number of nitrogens with two attached hydrogens (primary N) is 2. The van der Waals surface area contributed by atoms with Crippen LogP contribution < -0.4 is 16.8 Å². The van der Waals surface area contributed by atoms with Gasteiger partial charge in [0.05, 0.1) is 5.69 Å². The van der Waals surface area contributed by atoms with E-state index in [1.54, 1.807) is 17.4 Å². The lowest BCUT2D eigenvalue weighted by Gasteiger charge is -2.03. The van der Waals surface area contributed by atoms with E-state index in [1.165, 1.54) is 4.88 Å². The van der Waals surface area contributed by atoms with Gasteiger partial charge in [0, 0.05) is 10.9 Å². The molecule has 0 amide bonds. The van der Waals surface area contributed by atoms with Gasteiger partial charge < -0.3 is 16.8 Å². The van der Waals surface area contributed by atoms with Crippen LogP contribution in [0.4, 0.5) is 22.7 Å². The van der Waals surface area contributed by atoms with Gasteiger partial charge in [-0.1, -0.05) is 6.92 Å². The minimum absolute atomic E-state index is 0.150. The van der Waals surface area contributed by atoms with Crippen molar-refractivity contribution < 1.29 is 0 Å². The molecule has 2 aromatic heterocycles. The molecule has 0 saturated heterocycles. The van der Waals surface area contributed by atoms with Crippen LogP contribution >= 0.6 is 11.3 Å². The predicted octanol–water partition coefficient (Wildman–Crippen LogP) is 1.71. The monoisotopic (exact) mass is 250 g/mol. The first-order valence-corrected chi connectivity index (χ1v) is 6.03. The van der Waals surface area contributed by atoms with Crippen LogP contribution in [0.1, 0.15) is 17.5 Å². The average Bonchev–Trinajstić information content (AvgIpc) is 2.57. The van der Waals surface area contributed by atoms with Gasteiger partial charge in [-0.2, -0.15) is 9.97 Å². The minimum Gasteiger partial charge on any atom is -0.383 e. The quantitative estimate of drug-likeness (QED) is 0.766. The average molecular weight is 250 g/mol. The zero-order chi connectivity index (χ0) is 12.4. The first kappa shape index (κ1) is 11.6. The molecule has 0 fully saturated rings. The summed E-state index contributed by atoms with van der Waals surface area (Å²) in [7, 11) is 0. The van der Waals surface area contributed by atoms with Gasteiger partial charge in [0.15, 0.2) is 5.13 Å². The lowest BCUT2D eigenvalue weighted by Crippen LogP contribution is -2.02. The highest BCUT2D eigenvalue weighted by Crippen LogP contribution is 2.25. The van der Waals surface area contributed by atoms with Gasteiger partial charge in [-0.3, -0.25) is 0 Å². The summed E-state index contributed by atoms with van der Waals surface area (Å²) in [4.78, 5) is 13.5. The van der Waals surface area contributed by atoms with E-state index in [0.29, 0.717) is 11.6 Å². The second kappa shape index (κ2) is 4.54. The van der Waals surface area contributed by atoms with E-state index in [0.717, 1.165) is 17.2 Å². The Kier molecular flexibility index (Phi) is 3.10. The van der Waals surface area contributed by atoms with Gasteiger partial charge in [0.1, 0.15) is 11.6 Å². The molecule has 5 N–H and O–H groups in total. The van der Waals surface area contributed by atoms with Crippen LogP contribution in [-0.2, 0) is 6.42 Å². The summed E-state index contributed by atoms with van der Waals surface area (Å²) in [5.41, 5.74) is 12.2. The van der Waals surface area contributed by atoms with E-state index in [4.69, 9.17) is 11.5 Å². The Bertz CT molecular complexity index is 515. The highest BCUT2D eigenvalue weighted by molar-refractivity contribution is 7.15. The van der Waals surface area contributed by atoms with Crippen molar-refractivity contribution in [2.24, 2.45) is 0 Å². The molecule has 0 atom stereocenters. The number of rotatable bonds is 3. The summed E-state index contributed by atoms with van der Waals surface area (Å²) >= 11 is 1.58. The first-order valence-electron chi connectivity index (χ1n) is 5.22. The molecule has 2 rings (SSSR count). The SMILES string of the molecule is CCc1nc(Nc2cc(N)nc(N)n2)sc1C. The zero-order valence-electron chi connectivity index (χ0n) is 9.69. The van der Waals surface area contributed by atoms with E-state index < -0.39 is 0 Å². The van der Waals surface area contributed by atoms with Crippen molar-refractivity contribution in [1.29, 1.82) is 0 Å². The van der Waals surface area contributed by atoms with Crippen molar-refractivity contribution in [1.82, 2.24) is 15.0 Å². The van der Waals surface area contributed by atoms with Gasteiger partial charge in [-0.15, -0.1) is 11.3 Å². The molecular weight excluding hydrogens is 236 g/mol. The third kappa shape index (κ3) is 2.62. The smallest absolute Gasteiger partial charge is 0.223 e. The molecule has 0 bridgehead atoms. The highest BCUT2D eigenvalue weighted by atomic mass is 32.1. The summed E-state index contributed by atoms with van der Waals surface area (Å²) in [6.45, 7) is 4.12. The predicted molar refractivity (Wildman–Crippen MR) is 70.4 cm³/mol. The summed E-state index contributed by atoms with van der Waals surface area (Å²) in [6.07, 6.45) is 0.915. The molecule has 7 heteroatoms. The Labute approximate surface area is 103 Å². The third-order valence-electron chi connectivity index (χ3n) is 2.23. The van der Waals surface area contributed by atoms with Crippen molar-refractivity contribution in [2.45, 2.75) is 20.3 Å². The number of nitrogens with zero attached hydrogens (tertiary/aromatic N) is 3. The van der Waals surface area contributed by atoms with Gasteiger partial charge in [-0.05, 0) is 13.3 Å². The molecule has 2 heterocycles. The highest BCUT2D eigenvalue weighted by Gasteiger charge is 2.07. The largest absolute Gasteiger partial charge is 0.383 e. The van der Waals surface area contributed by atoms with Crippen molar-refractivity contribution in [3.05, 3.63) is 16.6 Å². The number of aryl methyl sites for hydroxylation is 2. The second-order valence-electron chi connectivity index (χ2n) is 3.54. The molecule has 0 radical (unpaired) electrons. The molecule has 0 saturated carbocycles. The molecule has 0 aliphatic carbocycles. The van der Waals surface area contributed by atoms with Crippen molar-refractivity contribution >= 4 is 34.1 Å². The molecule has 6 nitrogen and oxygen atoms in total. The Morgan fingerprint density at radius 3 is 2.65 bits per heavy atom. The molecule has 17 heavy (non-hydrogen) atoms. The summed E-state index contributed by atoms with van der Waals surface area (Å²) in [5, 5.41) is 3.87. The number of thiazole rings is 1. The molecule has 90 valence electrons. The number of aromatic nitrogens is 3. The van der Waals surface area contributed by atoms with Crippen LogP contribution in [0.15, 0.2) is 6.07 Å². The van der Waals surface area contributed by atoms with Gasteiger partial charge in [0.2, 0.25) is 5.95 Å². The Morgan fingerprint density at radius 1 is 1.29 bits per heavy atom.